The van der Waals surface area contributed by atoms with E-state index in [4.69, 9.17) is 10.5 Å². The number of hydrogen-bond donors (Lipinski definition) is 2. The van der Waals surface area contributed by atoms with Crippen LogP contribution < -0.4 is 20.7 Å². The molecule has 0 radical (unpaired) electrons. The van der Waals surface area contributed by atoms with Crippen LogP contribution in [0.2, 0.25) is 0 Å². The normalized spacial score (nSPS) is 13.8. The molecule has 0 unspecified atom stereocenters. The minimum atomic E-state index is -0.0123. The van der Waals surface area contributed by atoms with Gasteiger partial charge in [0.1, 0.15) is 11.6 Å². The van der Waals surface area contributed by atoms with Gasteiger partial charge < -0.3 is 20.7 Å². The number of aromatic nitrogens is 1. The third-order valence-electron chi connectivity index (χ3n) is 4.51. The summed E-state index contributed by atoms with van der Waals surface area (Å²) in [5.74, 6) is 1.61. The maximum Gasteiger partial charge on any atom is 0.225 e. The van der Waals surface area contributed by atoms with E-state index in [0.717, 1.165) is 38.5 Å². The van der Waals surface area contributed by atoms with Gasteiger partial charge in [-0.2, -0.15) is 0 Å². The zero-order valence-electron chi connectivity index (χ0n) is 15.8. The van der Waals surface area contributed by atoms with Crippen molar-refractivity contribution in [1.29, 1.82) is 0 Å². The number of nitrogens with two attached hydrogens (primary N) is 1. The number of nitrogen functional groups attached to an aromatic ring is 1. The molecule has 0 aliphatic carbocycles. The summed E-state index contributed by atoms with van der Waals surface area (Å²) in [7, 11) is 1.57. The standard InChI is InChI=1S/C19H25N5O2.2ClH/c1-26-17-6-5-15(14-16(17)20)22-19(25)7-9-23-10-12-24(13-11-23)18-4-2-3-8-21-18;;/h2-6,8,14H,7,9-13,20H2,1H3,(H,22,25);2*1H. The SMILES string of the molecule is COc1ccc(NC(=O)CCN2CCN(c3ccccn3)CC2)cc1N.Cl.Cl. The molecule has 154 valence electrons. The molecule has 1 saturated heterocycles. The third kappa shape index (κ3) is 6.44. The van der Waals surface area contributed by atoms with E-state index in [1.165, 1.54) is 0 Å². The molecule has 0 spiro atoms. The monoisotopic (exact) mass is 427 g/mol. The van der Waals surface area contributed by atoms with Crippen molar-refractivity contribution in [3.63, 3.8) is 0 Å². The van der Waals surface area contributed by atoms with Gasteiger partial charge in [0.25, 0.3) is 0 Å². The van der Waals surface area contributed by atoms with Crippen LogP contribution in [0.25, 0.3) is 0 Å². The van der Waals surface area contributed by atoms with Gasteiger partial charge in [-0.1, -0.05) is 6.07 Å². The molecule has 1 aromatic heterocycles. The number of ether oxygens (including phenoxy) is 1. The molecule has 3 N–H and O–H groups in total. The van der Waals surface area contributed by atoms with Crippen molar-refractivity contribution in [3.8, 4) is 5.75 Å². The number of carbonyl (C=O) groups excluding carboxylic acids is 1. The van der Waals surface area contributed by atoms with E-state index in [0.29, 0.717) is 23.5 Å². The second kappa shape index (κ2) is 11.6. The summed E-state index contributed by atoms with van der Waals surface area (Å²) in [6, 6.07) is 11.2. The molecule has 1 amide bonds. The molecule has 1 fully saturated rings. The summed E-state index contributed by atoms with van der Waals surface area (Å²) in [6.45, 7) is 4.45. The number of carbonyl (C=O) groups is 1. The van der Waals surface area contributed by atoms with Crippen molar-refractivity contribution in [3.05, 3.63) is 42.6 Å². The highest BCUT2D eigenvalue weighted by atomic mass is 35.5. The number of anilines is 3. The summed E-state index contributed by atoms with van der Waals surface area (Å²) in [5, 5.41) is 2.89. The van der Waals surface area contributed by atoms with Crippen LogP contribution in [-0.4, -0.2) is 55.6 Å². The Labute approximate surface area is 178 Å². The molecule has 0 atom stereocenters. The average molecular weight is 428 g/mol. The summed E-state index contributed by atoms with van der Waals surface area (Å²) >= 11 is 0. The maximum absolute atomic E-state index is 12.2. The molecular weight excluding hydrogens is 401 g/mol. The molecule has 9 heteroatoms. The van der Waals surface area contributed by atoms with Crippen molar-refractivity contribution in [1.82, 2.24) is 9.88 Å². The lowest BCUT2D eigenvalue weighted by Gasteiger charge is -2.35. The highest BCUT2D eigenvalue weighted by molar-refractivity contribution is 5.91. The van der Waals surface area contributed by atoms with Crippen molar-refractivity contribution in [2.24, 2.45) is 0 Å². The largest absolute Gasteiger partial charge is 0.495 e. The summed E-state index contributed by atoms with van der Waals surface area (Å²) < 4.78 is 5.12. The lowest BCUT2D eigenvalue weighted by Crippen LogP contribution is -2.47. The quantitative estimate of drug-likeness (QED) is 0.689. The Morgan fingerprint density at radius 1 is 1.18 bits per heavy atom. The average Bonchev–Trinajstić information content (AvgIpc) is 2.68. The van der Waals surface area contributed by atoms with Gasteiger partial charge in [-0.05, 0) is 30.3 Å². The number of piperazine rings is 1. The Hall–Kier alpha value is -2.22. The number of halogens is 2. The molecule has 2 heterocycles. The smallest absolute Gasteiger partial charge is 0.225 e. The van der Waals surface area contributed by atoms with Gasteiger partial charge in [-0.3, -0.25) is 9.69 Å². The van der Waals surface area contributed by atoms with Gasteiger partial charge in [0.2, 0.25) is 5.91 Å². The molecule has 7 nitrogen and oxygen atoms in total. The van der Waals surface area contributed by atoms with Crippen LogP contribution in [0.5, 0.6) is 5.75 Å². The van der Waals surface area contributed by atoms with E-state index >= 15 is 0 Å². The lowest BCUT2D eigenvalue weighted by molar-refractivity contribution is -0.116. The Morgan fingerprint density at radius 3 is 2.54 bits per heavy atom. The lowest BCUT2D eigenvalue weighted by atomic mass is 10.2. The van der Waals surface area contributed by atoms with Crippen LogP contribution in [0.1, 0.15) is 6.42 Å². The molecule has 1 aromatic carbocycles. The van der Waals surface area contributed by atoms with Gasteiger partial charge in [0.15, 0.2) is 0 Å². The van der Waals surface area contributed by atoms with Gasteiger partial charge in [0, 0.05) is 51.0 Å². The molecule has 1 aliphatic heterocycles. The van der Waals surface area contributed by atoms with E-state index in [9.17, 15) is 4.79 Å². The molecule has 1 aliphatic rings. The van der Waals surface area contributed by atoms with E-state index in [2.05, 4.69) is 20.1 Å². The Balaban J connectivity index is 0.00000196. The van der Waals surface area contributed by atoms with Gasteiger partial charge in [0.05, 0.1) is 12.8 Å². The number of hydrogen-bond acceptors (Lipinski definition) is 6. The number of benzene rings is 1. The molecule has 28 heavy (non-hydrogen) atoms. The van der Waals surface area contributed by atoms with Gasteiger partial charge in [-0.15, -0.1) is 24.8 Å². The minimum Gasteiger partial charge on any atom is -0.495 e. The topological polar surface area (TPSA) is 83.7 Å². The Morgan fingerprint density at radius 2 is 1.93 bits per heavy atom. The molecule has 3 rings (SSSR count). The number of rotatable bonds is 6. The zero-order chi connectivity index (χ0) is 18.4. The fraction of sp³-hybridized carbons (Fsp3) is 0.368. The van der Waals surface area contributed by atoms with Crippen LogP contribution in [0.3, 0.4) is 0 Å². The summed E-state index contributed by atoms with van der Waals surface area (Å²) in [4.78, 5) is 21.1. The van der Waals surface area contributed by atoms with E-state index in [-0.39, 0.29) is 30.7 Å². The Bertz CT molecular complexity index is 740. The van der Waals surface area contributed by atoms with E-state index < -0.39 is 0 Å². The predicted octanol–water partition coefficient (Wildman–Crippen LogP) is 2.67. The predicted molar refractivity (Wildman–Crippen MR) is 118 cm³/mol. The molecule has 0 saturated carbocycles. The summed E-state index contributed by atoms with van der Waals surface area (Å²) in [6.07, 6.45) is 2.27. The number of amides is 1. The second-order valence-electron chi connectivity index (χ2n) is 6.27. The number of pyridine rings is 1. The summed E-state index contributed by atoms with van der Waals surface area (Å²) in [5.41, 5.74) is 7.06. The van der Waals surface area contributed by atoms with Crippen LogP contribution in [0.4, 0.5) is 17.2 Å². The van der Waals surface area contributed by atoms with Gasteiger partial charge in [-0.25, -0.2) is 4.98 Å². The molecule has 2 aromatic rings. The van der Waals surface area contributed by atoms with E-state index in [1.54, 1.807) is 25.3 Å². The highest BCUT2D eigenvalue weighted by Crippen LogP contribution is 2.24. The second-order valence-corrected chi connectivity index (χ2v) is 6.27. The van der Waals surface area contributed by atoms with Crippen LogP contribution >= 0.6 is 24.8 Å². The molecular formula is C19H27Cl2N5O2. The molecule has 0 bridgehead atoms. The first-order valence-corrected chi connectivity index (χ1v) is 8.77. The van der Waals surface area contributed by atoms with Crippen LogP contribution in [0.15, 0.2) is 42.6 Å². The highest BCUT2D eigenvalue weighted by Gasteiger charge is 2.18. The zero-order valence-corrected chi connectivity index (χ0v) is 17.5. The van der Waals surface area contributed by atoms with Crippen LogP contribution in [0, 0.1) is 0 Å². The van der Waals surface area contributed by atoms with Crippen molar-refractivity contribution < 1.29 is 9.53 Å². The van der Waals surface area contributed by atoms with Crippen LogP contribution in [-0.2, 0) is 4.79 Å². The van der Waals surface area contributed by atoms with E-state index in [1.807, 2.05) is 24.4 Å². The minimum absolute atomic E-state index is 0. The third-order valence-corrected chi connectivity index (χ3v) is 4.51. The number of methoxy groups -OCH3 is 1. The van der Waals surface area contributed by atoms with Crippen molar-refractivity contribution >= 4 is 47.9 Å². The first-order valence-electron chi connectivity index (χ1n) is 8.77. The van der Waals surface area contributed by atoms with Crippen molar-refractivity contribution in [2.45, 2.75) is 6.42 Å². The maximum atomic E-state index is 12.2. The van der Waals surface area contributed by atoms with Gasteiger partial charge >= 0.3 is 0 Å². The number of nitrogens with zero attached hydrogens (tertiary/aromatic N) is 3. The fourth-order valence-electron chi connectivity index (χ4n) is 3.04. The van der Waals surface area contributed by atoms with Crippen molar-refractivity contribution in [2.75, 3.05) is 55.8 Å². The first-order chi connectivity index (χ1) is 12.7. The number of nitrogens with one attached hydrogen (secondary N) is 1. The fourth-order valence-corrected chi connectivity index (χ4v) is 3.04. The Kier molecular flexibility index (Phi) is 9.85. The first kappa shape index (κ1) is 23.8.